The van der Waals surface area contributed by atoms with E-state index in [-0.39, 0.29) is 19.1 Å². The van der Waals surface area contributed by atoms with Gasteiger partial charge in [0.2, 0.25) is 5.91 Å². The number of rotatable bonds is 9. The van der Waals surface area contributed by atoms with Crippen LogP contribution in [-0.4, -0.2) is 48.7 Å². The van der Waals surface area contributed by atoms with Crippen molar-refractivity contribution in [3.8, 4) is 0 Å². The number of nitrogens with zero attached hydrogens (tertiary/aromatic N) is 1. The summed E-state index contributed by atoms with van der Waals surface area (Å²) in [5, 5.41) is 11.6. The van der Waals surface area contributed by atoms with Crippen LogP contribution in [0.4, 0.5) is 0 Å². The van der Waals surface area contributed by atoms with Gasteiger partial charge in [-0.2, -0.15) is 0 Å². The highest BCUT2D eigenvalue weighted by molar-refractivity contribution is 7.09. The Balaban J connectivity index is 1.74. The van der Waals surface area contributed by atoms with Crippen LogP contribution in [-0.2, 0) is 20.7 Å². The van der Waals surface area contributed by atoms with E-state index in [1.165, 1.54) is 12.0 Å². The van der Waals surface area contributed by atoms with Gasteiger partial charge in [0.25, 0.3) is 0 Å². The fraction of sp³-hybridized carbons (Fsp3) is 0.667. The van der Waals surface area contributed by atoms with Crippen molar-refractivity contribution in [1.82, 2.24) is 4.90 Å². The van der Waals surface area contributed by atoms with Gasteiger partial charge in [-0.25, -0.2) is 0 Å². The summed E-state index contributed by atoms with van der Waals surface area (Å²) in [6.45, 7) is 1.09. The number of carboxylic acids is 1. The summed E-state index contributed by atoms with van der Waals surface area (Å²) in [4.78, 5) is 27.1. The summed E-state index contributed by atoms with van der Waals surface area (Å²) in [6, 6.07) is 4.21. The van der Waals surface area contributed by atoms with Crippen LogP contribution in [0.2, 0.25) is 0 Å². The van der Waals surface area contributed by atoms with E-state index < -0.39 is 11.4 Å². The van der Waals surface area contributed by atoms with Crippen molar-refractivity contribution in [2.24, 2.45) is 5.41 Å². The molecule has 1 aromatic rings. The molecule has 2 rings (SSSR count). The molecule has 5 nitrogen and oxygen atoms in total. The third-order valence-electron chi connectivity index (χ3n) is 4.70. The minimum atomic E-state index is -0.943. The first-order valence-electron chi connectivity index (χ1n) is 8.60. The standard InChI is InChI=1S/C18H27NO4S/c1-23-14-18(17(21)22)10-6-11-19(13-18)16(20)9-4-2-3-7-15-8-5-12-24-15/h5,8,12H,2-4,6-7,9-11,13-14H2,1H3,(H,21,22). The number of amides is 1. The molecule has 24 heavy (non-hydrogen) atoms. The number of ether oxygens (including phenoxy) is 1. The van der Waals surface area contributed by atoms with Crippen LogP contribution in [0, 0.1) is 5.41 Å². The molecule has 1 unspecified atom stereocenters. The minimum Gasteiger partial charge on any atom is -0.481 e. The maximum Gasteiger partial charge on any atom is 0.313 e. The Bertz CT molecular complexity index is 527. The number of aliphatic carboxylic acids is 1. The summed E-state index contributed by atoms with van der Waals surface area (Å²) in [5.74, 6) is -0.787. The molecule has 1 aromatic heterocycles. The monoisotopic (exact) mass is 353 g/mol. The van der Waals surface area contributed by atoms with Crippen LogP contribution < -0.4 is 0 Å². The summed E-state index contributed by atoms with van der Waals surface area (Å²) < 4.78 is 5.10. The second-order valence-corrected chi connectivity index (χ2v) is 7.61. The molecule has 1 atom stereocenters. The van der Waals surface area contributed by atoms with Gasteiger partial charge in [0, 0.05) is 31.5 Å². The number of thiophene rings is 1. The lowest BCUT2D eigenvalue weighted by Crippen LogP contribution is -2.52. The van der Waals surface area contributed by atoms with E-state index in [1.807, 2.05) is 0 Å². The van der Waals surface area contributed by atoms with Crippen molar-refractivity contribution < 1.29 is 19.4 Å². The number of likely N-dealkylation sites (tertiary alicyclic amines) is 1. The Morgan fingerprint density at radius 2 is 2.21 bits per heavy atom. The van der Waals surface area contributed by atoms with Gasteiger partial charge in [-0.1, -0.05) is 12.5 Å². The van der Waals surface area contributed by atoms with E-state index in [0.29, 0.717) is 19.4 Å². The summed E-state index contributed by atoms with van der Waals surface area (Å²) >= 11 is 1.77. The third kappa shape index (κ3) is 5.05. The van der Waals surface area contributed by atoms with E-state index in [0.717, 1.165) is 32.1 Å². The van der Waals surface area contributed by atoms with Gasteiger partial charge in [-0.3, -0.25) is 9.59 Å². The minimum absolute atomic E-state index is 0.0764. The molecule has 1 N–H and O–H groups in total. The molecule has 0 aliphatic carbocycles. The first-order valence-corrected chi connectivity index (χ1v) is 9.48. The molecule has 134 valence electrons. The van der Waals surface area contributed by atoms with Crippen LogP contribution >= 0.6 is 11.3 Å². The van der Waals surface area contributed by atoms with Crippen molar-refractivity contribution in [1.29, 1.82) is 0 Å². The number of aryl methyl sites for hydroxylation is 1. The van der Waals surface area contributed by atoms with E-state index in [2.05, 4.69) is 17.5 Å². The van der Waals surface area contributed by atoms with E-state index >= 15 is 0 Å². The van der Waals surface area contributed by atoms with Crippen molar-refractivity contribution in [3.05, 3.63) is 22.4 Å². The number of carbonyl (C=O) groups excluding carboxylic acids is 1. The molecule has 1 fully saturated rings. The second kappa shape index (κ2) is 9.18. The molecule has 6 heteroatoms. The summed E-state index contributed by atoms with van der Waals surface area (Å²) in [6.07, 6.45) is 5.86. The molecule has 1 aliphatic heterocycles. The van der Waals surface area contributed by atoms with Gasteiger partial charge in [-0.05, 0) is 43.6 Å². The van der Waals surface area contributed by atoms with Crippen LogP contribution in [0.5, 0.6) is 0 Å². The largest absolute Gasteiger partial charge is 0.481 e. The highest BCUT2D eigenvalue weighted by Crippen LogP contribution is 2.31. The van der Waals surface area contributed by atoms with Gasteiger partial charge in [0.1, 0.15) is 5.41 Å². The highest BCUT2D eigenvalue weighted by atomic mass is 32.1. The number of piperidine rings is 1. The highest BCUT2D eigenvalue weighted by Gasteiger charge is 2.43. The molecular formula is C18H27NO4S. The number of carboxylic acid groups (broad SMARTS) is 1. The third-order valence-corrected chi connectivity index (χ3v) is 5.63. The smallest absolute Gasteiger partial charge is 0.313 e. The van der Waals surface area contributed by atoms with Gasteiger partial charge < -0.3 is 14.7 Å². The number of carbonyl (C=O) groups is 2. The van der Waals surface area contributed by atoms with Crippen molar-refractivity contribution in [3.63, 3.8) is 0 Å². The Labute approximate surface area is 147 Å². The molecule has 0 saturated carbocycles. The van der Waals surface area contributed by atoms with Crippen LogP contribution in [0.1, 0.15) is 43.4 Å². The van der Waals surface area contributed by atoms with Gasteiger partial charge in [0.05, 0.1) is 6.61 Å². The van der Waals surface area contributed by atoms with Gasteiger partial charge in [0.15, 0.2) is 0 Å². The second-order valence-electron chi connectivity index (χ2n) is 6.58. The molecule has 0 spiro atoms. The normalized spacial score (nSPS) is 21.0. The molecule has 1 aliphatic rings. The maximum absolute atomic E-state index is 12.4. The molecule has 1 saturated heterocycles. The quantitative estimate of drug-likeness (QED) is 0.692. The lowest BCUT2D eigenvalue weighted by molar-refractivity contribution is -0.159. The molecule has 2 heterocycles. The van der Waals surface area contributed by atoms with Crippen molar-refractivity contribution in [2.45, 2.75) is 44.9 Å². The summed E-state index contributed by atoms with van der Waals surface area (Å²) in [7, 11) is 1.51. The maximum atomic E-state index is 12.4. The van der Waals surface area contributed by atoms with E-state index in [1.54, 1.807) is 16.2 Å². The van der Waals surface area contributed by atoms with Crippen LogP contribution in [0.15, 0.2) is 17.5 Å². The number of unbranched alkanes of at least 4 members (excludes halogenated alkanes) is 2. The molecule has 0 aromatic carbocycles. The fourth-order valence-electron chi connectivity index (χ4n) is 3.34. The first kappa shape index (κ1) is 18.9. The summed E-state index contributed by atoms with van der Waals surface area (Å²) in [5.41, 5.74) is -0.943. The number of hydrogen-bond donors (Lipinski definition) is 1. The van der Waals surface area contributed by atoms with Crippen LogP contribution in [0.3, 0.4) is 0 Å². The fourth-order valence-corrected chi connectivity index (χ4v) is 4.09. The Morgan fingerprint density at radius 1 is 1.38 bits per heavy atom. The molecule has 0 bridgehead atoms. The Hall–Kier alpha value is -1.40. The Morgan fingerprint density at radius 3 is 2.88 bits per heavy atom. The SMILES string of the molecule is COCC1(C(=O)O)CCCN(C(=O)CCCCCc2cccs2)C1. The topological polar surface area (TPSA) is 66.8 Å². The van der Waals surface area contributed by atoms with Crippen molar-refractivity contribution >= 4 is 23.2 Å². The zero-order chi connectivity index (χ0) is 17.4. The Kier molecular flexibility index (Phi) is 7.24. The van der Waals surface area contributed by atoms with Gasteiger partial charge >= 0.3 is 5.97 Å². The zero-order valence-corrected chi connectivity index (χ0v) is 15.1. The predicted molar refractivity (Wildman–Crippen MR) is 94.2 cm³/mol. The lowest BCUT2D eigenvalue weighted by Gasteiger charge is -2.39. The van der Waals surface area contributed by atoms with Gasteiger partial charge in [-0.15, -0.1) is 11.3 Å². The predicted octanol–water partition coefficient (Wildman–Crippen LogP) is 3.19. The van der Waals surface area contributed by atoms with E-state index in [9.17, 15) is 14.7 Å². The number of methoxy groups -OCH3 is 1. The molecule has 0 radical (unpaired) electrons. The van der Waals surface area contributed by atoms with E-state index in [4.69, 9.17) is 4.74 Å². The van der Waals surface area contributed by atoms with Crippen LogP contribution in [0.25, 0.3) is 0 Å². The average Bonchev–Trinajstić information content (AvgIpc) is 3.08. The lowest BCUT2D eigenvalue weighted by atomic mass is 9.80. The zero-order valence-electron chi connectivity index (χ0n) is 14.3. The van der Waals surface area contributed by atoms with Crippen molar-refractivity contribution in [2.75, 3.05) is 26.8 Å². The number of hydrogen-bond acceptors (Lipinski definition) is 4. The molecular weight excluding hydrogens is 326 g/mol. The average molecular weight is 353 g/mol. The molecule has 1 amide bonds. The first-order chi connectivity index (χ1) is 11.6.